The molecule has 0 unspecified atom stereocenters. The lowest BCUT2D eigenvalue weighted by molar-refractivity contribution is 0.248. The standard InChI is InChI=1S/C15H20N8/c1-4-18-22(7-1)8-2-6-20-9-11-21(12-10-20)14-3-5-16-15-19-17-13-23(14)15/h1,3-5,7,13H,2,6,8-12H2. The highest BCUT2D eigenvalue weighted by molar-refractivity contribution is 5.46. The Balaban J connectivity index is 1.31. The van der Waals surface area contributed by atoms with Crippen LogP contribution < -0.4 is 4.90 Å². The molecule has 0 aromatic carbocycles. The van der Waals surface area contributed by atoms with Crippen LogP contribution in [0.2, 0.25) is 0 Å². The molecule has 23 heavy (non-hydrogen) atoms. The van der Waals surface area contributed by atoms with Gasteiger partial charge in [-0.25, -0.2) is 4.98 Å². The van der Waals surface area contributed by atoms with Crippen LogP contribution in [0.1, 0.15) is 6.42 Å². The van der Waals surface area contributed by atoms with E-state index in [4.69, 9.17) is 0 Å². The lowest BCUT2D eigenvalue weighted by Crippen LogP contribution is -2.47. The van der Waals surface area contributed by atoms with Gasteiger partial charge in [-0.1, -0.05) is 0 Å². The average Bonchev–Trinajstić information content (AvgIpc) is 3.26. The van der Waals surface area contributed by atoms with Crippen LogP contribution in [0, 0.1) is 0 Å². The van der Waals surface area contributed by atoms with E-state index in [2.05, 4.69) is 30.1 Å². The summed E-state index contributed by atoms with van der Waals surface area (Å²) in [5.41, 5.74) is 0. The number of fused-ring (bicyclic) bond motifs is 1. The van der Waals surface area contributed by atoms with E-state index in [9.17, 15) is 0 Å². The molecule has 0 aliphatic carbocycles. The van der Waals surface area contributed by atoms with Crippen LogP contribution in [0.3, 0.4) is 0 Å². The van der Waals surface area contributed by atoms with Crippen molar-refractivity contribution in [2.75, 3.05) is 37.6 Å². The molecule has 8 heteroatoms. The molecule has 0 bridgehead atoms. The van der Waals surface area contributed by atoms with Crippen molar-refractivity contribution in [2.45, 2.75) is 13.0 Å². The van der Waals surface area contributed by atoms with E-state index in [1.54, 1.807) is 12.5 Å². The van der Waals surface area contributed by atoms with Gasteiger partial charge in [-0.3, -0.25) is 14.0 Å². The van der Waals surface area contributed by atoms with Crippen molar-refractivity contribution in [1.29, 1.82) is 0 Å². The summed E-state index contributed by atoms with van der Waals surface area (Å²) in [5, 5.41) is 12.2. The molecule has 3 aromatic rings. The Morgan fingerprint density at radius 2 is 1.96 bits per heavy atom. The van der Waals surface area contributed by atoms with E-state index in [-0.39, 0.29) is 0 Å². The Kier molecular flexibility index (Phi) is 3.89. The minimum atomic E-state index is 0.657. The van der Waals surface area contributed by atoms with Gasteiger partial charge in [-0.15, -0.1) is 10.2 Å². The Bertz CT molecular complexity index is 742. The van der Waals surface area contributed by atoms with Gasteiger partial charge in [0.25, 0.3) is 5.78 Å². The fourth-order valence-corrected chi connectivity index (χ4v) is 3.08. The van der Waals surface area contributed by atoms with Crippen LogP contribution in [0.15, 0.2) is 37.1 Å². The number of hydrogen-bond acceptors (Lipinski definition) is 6. The van der Waals surface area contributed by atoms with Crippen molar-refractivity contribution in [3.63, 3.8) is 0 Å². The average molecular weight is 312 g/mol. The van der Waals surface area contributed by atoms with E-state index in [0.717, 1.165) is 51.5 Å². The van der Waals surface area contributed by atoms with Crippen molar-refractivity contribution in [3.8, 4) is 0 Å². The molecule has 0 saturated carbocycles. The van der Waals surface area contributed by atoms with E-state index in [1.807, 2.05) is 33.6 Å². The number of rotatable bonds is 5. The van der Waals surface area contributed by atoms with Crippen molar-refractivity contribution in [2.24, 2.45) is 0 Å². The monoisotopic (exact) mass is 312 g/mol. The molecule has 1 aliphatic rings. The first-order chi connectivity index (χ1) is 11.4. The Morgan fingerprint density at radius 3 is 2.78 bits per heavy atom. The van der Waals surface area contributed by atoms with Gasteiger partial charge in [0.15, 0.2) is 0 Å². The van der Waals surface area contributed by atoms with Crippen LogP contribution in [0.4, 0.5) is 5.82 Å². The molecule has 120 valence electrons. The number of piperazine rings is 1. The molecule has 3 aromatic heterocycles. The van der Waals surface area contributed by atoms with Crippen molar-refractivity contribution in [1.82, 2.24) is 34.3 Å². The summed E-state index contributed by atoms with van der Waals surface area (Å²) in [6.45, 7) is 6.28. The first-order valence-electron chi connectivity index (χ1n) is 8.00. The Labute approximate surface area is 134 Å². The molecule has 0 radical (unpaired) electrons. The largest absolute Gasteiger partial charge is 0.355 e. The van der Waals surface area contributed by atoms with Gasteiger partial charge in [-0.2, -0.15) is 5.10 Å². The van der Waals surface area contributed by atoms with E-state index < -0.39 is 0 Å². The predicted octanol–water partition coefficient (Wildman–Crippen LogP) is 0.533. The van der Waals surface area contributed by atoms with E-state index >= 15 is 0 Å². The van der Waals surface area contributed by atoms with Gasteiger partial charge >= 0.3 is 0 Å². The highest BCUT2D eigenvalue weighted by Gasteiger charge is 2.18. The zero-order valence-corrected chi connectivity index (χ0v) is 13.0. The van der Waals surface area contributed by atoms with E-state index in [1.165, 1.54) is 0 Å². The smallest absolute Gasteiger partial charge is 0.256 e. The second kappa shape index (κ2) is 6.33. The number of nitrogens with zero attached hydrogens (tertiary/aromatic N) is 8. The molecule has 8 nitrogen and oxygen atoms in total. The van der Waals surface area contributed by atoms with Gasteiger partial charge in [0.05, 0.1) is 0 Å². The maximum atomic E-state index is 4.24. The summed E-state index contributed by atoms with van der Waals surface area (Å²) in [4.78, 5) is 9.12. The second-order valence-electron chi connectivity index (χ2n) is 5.76. The molecular formula is C15H20N8. The molecule has 1 fully saturated rings. The minimum absolute atomic E-state index is 0.657. The predicted molar refractivity (Wildman–Crippen MR) is 86.3 cm³/mol. The summed E-state index contributed by atoms with van der Waals surface area (Å²) in [6.07, 6.45) is 8.52. The Hall–Kier alpha value is -2.48. The third-order valence-corrected chi connectivity index (χ3v) is 4.31. The zero-order chi connectivity index (χ0) is 15.5. The molecular weight excluding hydrogens is 292 g/mol. The molecule has 0 amide bonds. The summed E-state index contributed by atoms with van der Waals surface area (Å²) in [7, 11) is 0. The molecule has 0 atom stereocenters. The summed E-state index contributed by atoms with van der Waals surface area (Å²) in [5.74, 6) is 1.78. The molecule has 0 N–H and O–H groups in total. The maximum absolute atomic E-state index is 4.24. The summed E-state index contributed by atoms with van der Waals surface area (Å²) >= 11 is 0. The molecule has 4 rings (SSSR count). The van der Waals surface area contributed by atoms with E-state index in [0.29, 0.717) is 5.78 Å². The van der Waals surface area contributed by atoms with Crippen LogP contribution in [0.5, 0.6) is 0 Å². The van der Waals surface area contributed by atoms with Crippen molar-refractivity contribution < 1.29 is 0 Å². The molecule has 1 aliphatic heterocycles. The van der Waals surface area contributed by atoms with Gasteiger partial charge < -0.3 is 4.90 Å². The van der Waals surface area contributed by atoms with Gasteiger partial charge in [0, 0.05) is 57.9 Å². The van der Waals surface area contributed by atoms with Crippen LogP contribution in [-0.2, 0) is 6.54 Å². The van der Waals surface area contributed by atoms with Gasteiger partial charge in [-0.05, 0) is 18.6 Å². The number of hydrogen-bond donors (Lipinski definition) is 0. The third kappa shape index (κ3) is 3.02. The summed E-state index contributed by atoms with van der Waals surface area (Å²) < 4.78 is 3.95. The normalized spacial score (nSPS) is 16.3. The molecule has 0 spiro atoms. The highest BCUT2D eigenvalue weighted by Crippen LogP contribution is 2.16. The second-order valence-corrected chi connectivity index (χ2v) is 5.76. The van der Waals surface area contributed by atoms with Gasteiger partial charge in [0.1, 0.15) is 12.1 Å². The maximum Gasteiger partial charge on any atom is 0.256 e. The quantitative estimate of drug-likeness (QED) is 0.685. The molecule has 1 saturated heterocycles. The fraction of sp³-hybridized carbons (Fsp3) is 0.467. The SMILES string of the molecule is c1cnn(CCCN2CCN(c3ccnc4nncn34)CC2)c1. The van der Waals surface area contributed by atoms with Crippen molar-refractivity contribution in [3.05, 3.63) is 37.1 Å². The molecule has 4 heterocycles. The van der Waals surface area contributed by atoms with Crippen LogP contribution in [-0.4, -0.2) is 67.0 Å². The van der Waals surface area contributed by atoms with Gasteiger partial charge in [0.2, 0.25) is 0 Å². The number of anilines is 1. The number of aryl methyl sites for hydroxylation is 1. The first kappa shape index (κ1) is 14.1. The van der Waals surface area contributed by atoms with Crippen molar-refractivity contribution >= 4 is 11.6 Å². The minimum Gasteiger partial charge on any atom is -0.355 e. The topological polar surface area (TPSA) is 67.4 Å². The lowest BCUT2D eigenvalue weighted by Gasteiger charge is -2.36. The fourth-order valence-electron chi connectivity index (χ4n) is 3.08. The first-order valence-corrected chi connectivity index (χ1v) is 8.00. The number of aromatic nitrogens is 6. The Morgan fingerprint density at radius 1 is 1.04 bits per heavy atom. The lowest BCUT2D eigenvalue weighted by atomic mass is 10.3. The third-order valence-electron chi connectivity index (χ3n) is 4.31. The highest BCUT2D eigenvalue weighted by atomic mass is 15.3. The summed E-state index contributed by atoms with van der Waals surface area (Å²) in [6, 6.07) is 4.00. The zero-order valence-electron chi connectivity index (χ0n) is 13.0. The van der Waals surface area contributed by atoms with Crippen LogP contribution in [0.25, 0.3) is 5.78 Å². The van der Waals surface area contributed by atoms with Crippen LogP contribution >= 0.6 is 0 Å².